The molecule has 0 heterocycles. The number of fused-ring (bicyclic) bond motifs is 1. The van der Waals surface area contributed by atoms with Gasteiger partial charge in [0, 0.05) is 24.9 Å². The van der Waals surface area contributed by atoms with Crippen molar-refractivity contribution in [3.05, 3.63) is 25.3 Å². The average molecular weight is 366 g/mol. The topological polar surface area (TPSA) is 81.0 Å². The van der Waals surface area contributed by atoms with Crippen molar-refractivity contribution < 1.29 is 20.1 Å². The molecule has 0 saturated heterocycles. The highest BCUT2D eigenvalue weighted by atomic mass is 16.3. The zero-order chi connectivity index (χ0) is 19.5. The monoisotopic (exact) mass is 365 g/mol. The van der Waals surface area contributed by atoms with Gasteiger partial charge >= 0.3 is 0 Å². The molecule has 0 aromatic carbocycles. The van der Waals surface area contributed by atoms with Crippen LogP contribution in [0.5, 0.6) is 0 Å². The number of carbonyl (C=O) groups is 1. The smallest absolute Gasteiger partial charge is 0.223 e. The largest absolute Gasteiger partial charge is 0.396 e. The Morgan fingerprint density at radius 3 is 2.31 bits per heavy atom. The van der Waals surface area contributed by atoms with Gasteiger partial charge < -0.3 is 20.2 Å². The summed E-state index contributed by atoms with van der Waals surface area (Å²) in [5.41, 5.74) is -0.867. The van der Waals surface area contributed by atoms with Crippen LogP contribution in [0.1, 0.15) is 46.0 Å². The van der Waals surface area contributed by atoms with E-state index in [9.17, 15) is 20.1 Å². The van der Waals surface area contributed by atoms with Crippen LogP contribution in [0.15, 0.2) is 25.3 Å². The number of amides is 1. The molecule has 0 aromatic rings. The predicted molar refractivity (Wildman–Crippen MR) is 102 cm³/mol. The van der Waals surface area contributed by atoms with Crippen LogP contribution < -0.4 is 0 Å². The number of aliphatic hydroxyl groups excluding tert-OH is 3. The van der Waals surface area contributed by atoms with E-state index in [1.807, 2.05) is 6.92 Å². The van der Waals surface area contributed by atoms with Crippen molar-refractivity contribution >= 4 is 5.91 Å². The van der Waals surface area contributed by atoms with Crippen molar-refractivity contribution in [1.82, 2.24) is 4.90 Å². The molecule has 5 nitrogen and oxygen atoms in total. The zero-order valence-corrected chi connectivity index (χ0v) is 16.2. The second kappa shape index (κ2) is 8.24. The Bertz CT molecular complexity index is 526. The lowest BCUT2D eigenvalue weighted by atomic mass is 9.46. The van der Waals surface area contributed by atoms with Crippen molar-refractivity contribution in [3.63, 3.8) is 0 Å². The molecule has 0 bridgehead atoms. The molecular weight excluding hydrogens is 330 g/mol. The molecule has 0 aliphatic heterocycles. The van der Waals surface area contributed by atoms with Gasteiger partial charge in [-0.2, -0.15) is 0 Å². The Morgan fingerprint density at radius 2 is 1.77 bits per heavy atom. The van der Waals surface area contributed by atoms with E-state index in [0.717, 1.165) is 12.8 Å². The normalized spacial score (nSPS) is 39.7. The first-order valence-electron chi connectivity index (χ1n) is 9.71. The quantitative estimate of drug-likeness (QED) is 0.604. The molecule has 0 aromatic heterocycles. The molecule has 2 aliphatic rings. The summed E-state index contributed by atoms with van der Waals surface area (Å²) in [4.78, 5) is 14.6. The predicted octanol–water partition coefficient (Wildman–Crippen LogP) is 2.12. The number of aliphatic hydroxyl groups is 3. The molecular formula is C21H35NO4. The lowest BCUT2D eigenvalue weighted by Gasteiger charge is -2.60. The summed E-state index contributed by atoms with van der Waals surface area (Å²) in [6, 6.07) is 0. The summed E-state index contributed by atoms with van der Waals surface area (Å²) in [6.45, 7) is 12.3. The van der Waals surface area contributed by atoms with Gasteiger partial charge in [0.2, 0.25) is 5.91 Å². The van der Waals surface area contributed by atoms with Crippen LogP contribution >= 0.6 is 0 Å². The van der Waals surface area contributed by atoms with E-state index in [-0.39, 0.29) is 36.2 Å². The van der Waals surface area contributed by atoms with Crippen molar-refractivity contribution in [2.45, 2.75) is 58.2 Å². The molecule has 2 aliphatic carbocycles. The van der Waals surface area contributed by atoms with Crippen molar-refractivity contribution in [2.75, 3.05) is 19.7 Å². The van der Waals surface area contributed by atoms with Gasteiger partial charge in [-0.3, -0.25) is 4.79 Å². The van der Waals surface area contributed by atoms with E-state index in [2.05, 4.69) is 20.1 Å². The van der Waals surface area contributed by atoms with Crippen LogP contribution in [0.25, 0.3) is 0 Å². The van der Waals surface area contributed by atoms with Gasteiger partial charge in [0.25, 0.3) is 0 Å². The van der Waals surface area contributed by atoms with Gasteiger partial charge in [0.15, 0.2) is 0 Å². The molecule has 26 heavy (non-hydrogen) atoms. The van der Waals surface area contributed by atoms with Gasteiger partial charge in [-0.25, -0.2) is 0 Å². The minimum atomic E-state index is -0.587. The summed E-state index contributed by atoms with van der Waals surface area (Å²) < 4.78 is 0. The average Bonchev–Trinajstić information content (AvgIpc) is 2.61. The number of hydrogen-bond donors (Lipinski definition) is 3. The van der Waals surface area contributed by atoms with E-state index >= 15 is 0 Å². The minimum Gasteiger partial charge on any atom is -0.396 e. The van der Waals surface area contributed by atoms with E-state index in [1.165, 1.54) is 0 Å². The molecule has 2 saturated carbocycles. The van der Waals surface area contributed by atoms with Crippen molar-refractivity contribution in [1.29, 1.82) is 0 Å². The van der Waals surface area contributed by atoms with Gasteiger partial charge in [0.1, 0.15) is 0 Å². The number of nitrogens with zero attached hydrogens (tertiary/aromatic N) is 1. The molecule has 6 unspecified atom stereocenters. The molecule has 0 radical (unpaired) electrons. The first kappa shape index (κ1) is 21.1. The maximum Gasteiger partial charge on any atom is 0.223 e. The zero-order valence-electron chi connectivity index (χ0n) is 16.2. The van der Waals surface area contributed by atoms with Crippen molar-refractivity contribution in [2.24, 2.45) is 22.7 Å². The van der Waals surface area contributed by atoms with E-state index in [1.54, 1.807) is 17.1 Å². The molecule has 2 fully saturated rings. The second-order valence-corrected chi connectivity index (χ2v) is 8.61. The van der Waals surface area contributed by atoms with Crippen LogP contribution in [-0.2, 0) is 4.79 Å². The lowest BCUT2D eigenvalue weighted by molar-refractivity contribution is -0.187. The van der Waals surface area contributed by atoms with Crippen LogP contribution in [0, 0.1) is 22.7 Å². The fourth-order valence-corrected chi connectivity index (χ4v) is 5.51. The van der Waals surface area contributed by atoms with Crippen molar-refractivity contribution in [3.8, 4) is 0 Å². The fourth-order valence-electron chi connectivity index (χ4n) is 5.51. The Balaban J connectivity index is 2.27. The fraction of sp³-hybridized carbons (Fsp3) is 0.762. The Morgan fingerprint density at radius 1 is 1.15 bits per heavy atom. The number of rotatable bonds is 7. The highest BCUT2D eigenvalue weighted by Gasteiger charge is 2.59. The van der Waals surface area contributed by atoms with E-state index < -0.39 is 17.6 Å². The Kier molecular flexibility index (Phi) is 6.70. The maximum atomic E-state index is 12.9. The standard InChI is InChI=1S/C21H35NO4/c1-5-11-22(12-6-2)19(26)13-15-16(24)7-8-17-20(15,3)10-9-18(25)21(17,4)14-23/h5-6,15-18,23-25H,1-2,7-14H2,3-4H3. The molecule has 148 valence electrons. The summed E-state index contributed by atoms with van der Waals surface area (Å²) in [7, 11) is 0. The summed E-state index contributed by atoms with van der Waals surface area (Å²) in [6.07, 6.45) is 5.29. The molecule has 6 atom stereocenters. The van der Waals surface area contributed by atoms with Crippen LogP contribution in [0.2, 0.25) is 0 Å². The highest BCUT2D eigenvalue weighted by Crippen LogP contribution is 2.60. The number of hydrogen-bond acceptors (Lipinski definition) is 4. The third kappa shape index (κ3) is 3.62. The summed E-state index contributed by atoms with van der Waals surface area (Å²) in [5, 5.41) is 31.3. The minimum absolute atomic E-state index is 0.00690. The Labute approximate surface area is 157 Å². The molecule has 5 heteroatoms. The molecule has 1 amide bonds. The van der Waals surface area contributed by atoms with E-state index in [4.69, 9.17) is 0 Å². The highest BCUT2D eigenvalue weighted by molar-refractivity contribution is 5.77. The molecule has 2 rings (SSSR count). The van der Waals surface area contributed by atoms with Crippen LogP contribution in [0.3, 0.4) is 0 Å². The summed E-state index contributed by atoms with van der Waals surface area (Å²) in [5.74, 6) is -0.103. The second-order valence-electron chi connectivity index (χ2n) is 8.61. The van der Waals surface area contributed by atoms with Gasteiger partial charge in [-0.15, -0.1) is 13.2 Å². The number of carbonyl (C=O) groups excluding carboxylic acids is 1. The van der Waals surface area contributed by atoms with E-state index in [0.29, 0.717) is 25.9 Å². The first-order chi connectivity index (χ1) is 12.2. The van der Waals surface area contributed by atoms with Gasteiger partial charge in [-0.1, -0.05) is 26.0 Å². The van der Waals surface area contributed by atoms with Crippen LogP contribution in [-0.4, -0.2) is 58.0 Å². The maximum absolute atomic E-state index is 12.9. The molecule has 0 spiro atoms. The van der Waals surface area contributed by atoms with Gasteiger partial charge in [0.05, 0.1) is 18.8 Å². The third-order valence-electron chi connectivity index (χ3n) is 7.16. The SMILES string of the molecule is C=CCN(CC=C)C(=O)CC1C(O)CCC2C(C)(CO)C(O)CCC12C. The first-order valence-corrected chi connectivity index (χ1v) is 9.71. The van der Waals surface area contributed by atoms with Gasteiger partial charge in [-0.05, 0) is 42.9 Å². The Hall–Kier alpha value is -1.17. The lowest BCUT2D eigenvalue weighted by Crippen LogP contribution is -2.60. The van der Waals surface area contributed by atoms with Crippen LogP contribution in [0.4, 0.5) is 0 Å². The summed E-state index contributed by atoms with van der Waals surface area (Å²) >= 11 is 0. The molecule has 3 N–H and O–H groups in total. The third-order valence-corrected chi connectivity index (χ3v) is 7.16.